The van der Waals surface area contributed by atoms with Crippen LogP contribution >= 0.6 is 0 Å². The van der Waals surface area contributed by atoms with Gasteiger partial charge in [0, 0.05) is 12.0 Å². The molecule has 6 heteroatoms. The van der Waals surface area contributed by atoms with Crippen molar-refractivity contribution in [1.82, 2.24) is 5.32 Å². The maximum absolute atomic E-state index is 11.8. The molecule has 1 atom stereocenters. The molecule has 0 aliphatic carbocycles. The minimum absolute atomic E-state index is 0.00583. The monoisotopic (exact) mass is 197 g/mol. The maximum atomic E-state index is 11.8. The van der Waals surface area contributed by atoms with Gasteiger partial charge in [-0.3, -0.25) is 4.79 Å². The Kier molecular flexibility index (Phi) is 2.80. The van der Waals surface area contributed by atoms with E-state index in [9.17, 15) is 18.0 Å². The molecular weight excluding hydrogens is 187 g/mol. The first-order valence-electron chi connectivity index (χ1n) is 3.86. The van der Waals surface area contributed by atoms with Crippen molar-refractivity contribution in [2.75, 3.05) is 13.2 Å². The van der Waals surface area contributed by atoms with Crippen molar-refractivity contribution in [1.29, 1.82) is 0 Å². The molecule has 1 amide bonds. The predicted molar refractivity (Wildman–Crippen MR) is 38.0 cm³/mol. The summed E-state index contributed by atoms with van der Waals surface area (Å²) in [6.45, 7) is 2.37. The third kappa shape index (κ3) is 2.58. The first kappa shape index (κ1) is 10.3. The highest BCUT2D eigenvalue weighted by Gasteiger charge is 2.40. The van der Waals surface area contributed by atoms with Crippen LogP contribution in [0.3, 0.4) is 0 Å². The van der Waals surface area contributed by atoms with Gasteiger partial charge in [-0.25, -0.2) is 0 Å². The lowest BCUT2D eigenvalue weighted by molar-refractivity contribution is -0.175. The van der Waals surface area contributed by atoms with Gasteiger partial charge in [0.25, 0.3) is 0 Å². The lowest BCUT2D eigenvalue weighted by Gasteiger charge is -2.31. The lowest BCUT2D eigenvalue weighted by atomic mass is 10.00. The summed E-state index contributed by atoms with van der Waals surface area (Å²) in [4.78, 5) is 10.4. The molecule has 1 rings (SSSR count). The minimum atomic E-state index is -4.79. The zero-order valence-corrected chi connectivity index (χ0v) is 7.02. The second kappa shape index (κ2) is 3.53. The molecule has 0 radical (unpaired) electrons. The summed E-state index contributed by atoms with van der Waals surface area (Å²) in [5.74, 6) is -1.88. The molecule has 1 unspecified atom stereocenters. The SMILES string of the molecule is CC(NC(=O)C(F)(F)F)C1COC1. The Morgan fingerprint density at radius 1 is 1.54 bits per heavy atom. The Balaban J connectivity index is 2.35. The number of ether oxygens (including phenoxy) is 1. The van der Waals surface area contributed by atoms with E-state index in [-0.39, 0.29) is 5.92 Å². The first-order chi connectivity index (χ1) is 5.91. The van der Waals surface area contributed by atoms with Crippen LogP contribution < -0.4 is 5.32 Å². The van der Waals surface area contributed by atoms with Gasteiger partial charge < -0.3 is 10.1 Å². The van der Waals surface area contributed by atoms with Crippen molar-refractivity contribution in [3.63, 3.8) is 0 Å². The number of halogens is 3. The van der Waals surface area contributed by atoms with Crippen molar-refractivity contribution in [3.05, 3.63) is 0 Å². The van der Waals surface area contributed by atoms with Crippen LogP contribution in [-0.2, 0) is 9.53 Å². The molecule has 0 saturated carbocycles. The van der Waals surface area contributed by atoms with E-state index in [2.05, 4.69) is 0 Å². The smallest absolute Gasteiger partial charge is 0.381 e. The predicted octanol–water partition coefficient (Wildman–Crippen LogP) is 0.700. The van der Waals surface area contributed by atoms with Gasteiger partial charge in [-0.1, -0.05) is 0 Å². The van der Waals surface area contributed by atoms with E-state index < -0.39 is 18.1 Å². The third-order valence-corrected chi connectivity index (χ3v) is 1.99. The topological polar surface area (TPSA) is 38.3 Å². The molecule has 1 aliphatic rings. The fourth-order valence-electron chi connectivity index (χ4n) is 0.949. The molecule has 0 aromatic carbocycles. The summed E-state index contributed by atoms with van der Waals surface area (Å²) in [5, 5.41) is 1.88. The maximum Gasteiger partial charge on any atom is 0.471 e. The number of amides is 1. The van der Waals surface area contributed by atoms with Crippen molar-refractivity contribution in [2.24, 2.45) is 5.92 Å². The zero-order valence-electron chi connectivity index (χ0n) is 7.02. The molecule has 0 aromatic heterocycles. The largest absolute Gasteiger partial charge is 0.471 e. The standard InChI is InChI=1S/C7H10F3NO2/c1-4(5-2-13-3-5)11-6(12)7(8,9)10/h4-5H,2-3H2,1H3,(H,11,12). The van der Waals surface area contributed by atoms with Gasteiger partial charge in [-0.15, -0.1) is 0 Å². The van der Waals surface area contributed by atoms with Crippen LogP contribution in [0.25, 0.3) is 0 Å². The molecule has 3 nitrogen and oxygen atoms in total. The van der Waals surface area contributed by atoms with Crippen LogP contribution in [-0.4, -0.2) is 31.3 Å². The van der Waals surface area contributed by atoms with Gasteiger partial charge in [-0.05, 0) is 6.92 Å². The average Bonchev–Trinajstić information content (AvgIpc) is 1.79. The number of alkyl halides is 3. The number of hydrogen-bond donors (Lipinski definition) is 1. The van der Waals surface area contributed by atoms with E-state index in [0.717, 1.165) is 0 Å². The number of nitrogens with one attached hydrogen (secondary N) is 1. The Hall–Kier alpha value is -0.780. The van der Waals surface area contributed by atoms with Gasteiger partial charge in [0.2, 0.25) is 0 Å². The highest BCUT2D eigenvalue weighted by Crippen LogP contribution is 2.18. The van der Waals surface area contributed by atoms with Crippen LogP contribution in [0.2, 0.25) is 0 Å². The summed E-state index contributed by atoms with van der Waals surface area (Å²) in [7, 11) is 0. The lowest BCUT2D eigenvalue weighted by Crippen LogP contribution is -2.50. The molecule has 1 fully saturated rings. The van der Waals surface area contributed by atoms with Crippen LogP contribution in [0.1, 0.15) is 6.92 Å². The van der Waals surface area contributed by atoms with Gasteiger partial charge in [0.1, 0.15) is 0 Å². The molecule has 0 aromatic rings. The minimum Gasteiger partial charge on any atom is -0.381 e. The normalized spacial score (nSPS) is 20.6. The summed E-state index contributed by atoms with van der Waals surface area (Å²) in [6, 6.07) is -0.483. The molecular formula is C7H10F3NO2. The van der Waals surface area contributed by atoms with Gasteiger partial charge in [-0.2, -0.15) is 13.2 Å². The Bertz CT molecular complexity index is 200. The summed E-state index contributed by atoms with van der Waals surface area (Å²) in [5.41, 5.74) is 0. The Morgan fingerprint density at radius 2 is 2.08 bits per heavy atom. The summed E-state index contributed by atoms with van der Waals surface area (Å²) < 4.78 is 40.0. The van der Waals surface area contributed by atoms with E-state index in [1.807, 2.05) is 5.32 Å². The molecule has 1 N–H and O–H groups in total. The number of carbonyl (C=O) groups excluding carboxylic acids is 1. The molecule has 1 saturated heterocycles. The van der Waals surface area contributed by atoms with Crippen LogP contribution in [0.15, 0.2) is 0 Å². The third-order valence-electron chi connectivity index (χ3n) is 1.99. The Morgan fingerprint density at radius 3 is 2.38 bits per heavy atom. The molecule has 13 heavy (non-hydrogen) atoms. The molecule has 1 heterocycles. The van der Waals surface area contributed by atoms with E-state index in [0.29, 0.717) is 13.2 Å². The van der Waals surface area contributed by atoms with Crippen molar-refractivity contribution < 1.29 is 22.7 Å². The number of rotatable bonds is 2. The fourth-order valence-corrected chi connectivity index (χ4v) is 0.949. The van der Waals surface area contributed by atoms with Gasteiger partial charge >= 0.3 is 12.1 Å². The quantitative estimate of drug-likeness (QED) is 0.707. The number of carbonyl (C=O) groups is 1. The molecule has 76 valence electrons. The summed E-state index contributed by atoms with van der Waals surface area (Å²) in [6.07, 6.45) is -4.79. The second-order valence-electron chi connectivity index (χ2n) is 3.06. The van der Waals surface area contributed by atoms with E-state index in [1.54, 1.807) is 0 Å². The molecule has 1 aliphatic heterocycles. The van der Waals surface area contributed by atoms with Crippen molar-refractivity contribution in [3.8, 4) is 0 Å². The van der Waals surface area contributed by atoms with E-state index in [1.165, 1.54) is 6.92 Å². The van der Waals surface area contributed by atoms with E-state index in [4.69, 9.17) is 4.74 Å². The first-order valence-corrected chi connectivity index (χ1v) is 3.86. The summed E-state index contributed by atoms with van der Waals surface area (Å²) >= 11 is 0. The van der Waals surface area contributed by atoms with Crippen LogP contribution in [0.4, 0.5) is 13.2 Å². The van der Waals surface area contributed by atoms with Crippen molar-refractivity contribution >= 4 is 5.91 Å². The fraction of sp³-hybridized carbons (Fsp3) is 0.857. The highest BCUT2D eigenvalue weighted by atomic mass is 19.4. The zero-order chi connectivity index (χ0) is 10.1. The van der Waals surface area contributed by atoms with Crippen LogP contribution in [0, 0.1) is 5.92 Å². The van der Waals surface area contributed by atoms with E-state index >= 15 is 0 Å². The number of hydrogen-bond acceptors (Lipinski definition) is 2. The highest BCUT2D eigenvalue weighted by molar-refractivity contribution is 5.81. The Labute approximate surface area is 73.2 Å². The van der Waals surface area contributed by atoms with Gasteiger partial charge in [0.05, 0.1) is 13.2 Å². The van der Waals surface area contributed by atoms with Gasteiger partial charge in [0.15, 0.2) is 0 Å². The van der Waals surface area contributed by atoms with Crippen LogP contribution in [0.5, 0.6) is 0 Å². The molecule has 0 bridgehead atoms. The second-order valence-corrected chi connectivity index (χ2v) is 3.06. The average molecular weight is 197 g/mol. The molecule has 0 spiro atoms. The van der Waals surface area contributed by atoms with Crippen molar-refractivity contribution in [2.45, 2.75) is 19.1 Å².